The molecule has 6 heteroatoms. The average molecular weight is 416 g/mol. The Morgan fingerprint density at radius 2 is 1.93 bits per heavy atom. The Bertz CT molecular complexity index is 812. The van der Waals surface area contributed by atoms with Crippen LogP contribution in [0.4, 0.5) is 0 Å². The van der Waals surface area contributed by atoms with Crippen LogP contribution in [-0.2, 0) is 28.9 Å². The zero-order chi connectivity index (χ0) is 20.8. The third-order valence-corrected chi connectivity index (χ3v) is 5.95. The van der Waals surface area contributed by atoms with E-state index in [1.54, 1.807) is 19.2 Å². The molecule has 0 saturated carbocycles. The Hall–Kier alpha value is -1.92. The van der Waals surface area contributed by atoms with E-state index in [1.165, 1.54) is 11.1 Å². The number of likely N-dealkylation sites (N-methyl/N-ethyl adjacent to an activating group) is 1. The van der Waals surface area contributed by atoms with Crippen LogP contribution in [0.25, 0.3) is 0 Å². The number of halogens is 1. The van der Waals surface area contributed by atoms with Crippen LogP contribution in [0.5, 0.6) is 0 Å². The van der Waals surface area contributed by atoms with Crippen molar-refractivity contribution in [1.29, 1.82) is 0 Å². The van der Waals surface area contributed by atoms with Gasteiger partial charge in [-0.1, -0.05) is 48.0 Å². The normalized spacial score (nSPS) is 17.9. The van der Waals surface area contributed by atoms with Crippen LogP contribution in [-0.4, -0.2) is 61.7 Å². The van der Waals surface area contributed by atoms with Gasteiger partial charge in [-0.3, -0.25) is 9.80 Å². The van der Waals surface area contributed by atoms with Gasteiger partial charge in [0.2, 0.25) is 0 Å². The molecule has 3 rings (SSSR count). The molecule has 1 heterocycles. The molecule has 2 aromatic rings. The third kappa shape index (κ3) is 5.80. The fourth-order valence-electron chi connectivity index (χ4n) is 3.98. The Balaban J connectivity index is 1.77. The maximum absolute atomic E-state index is 12.1. The zero-order valence-electron chi connectivity index (χ0n) is 17.0. The molecule has 1 aliphatic heterocycles. The molecule has 1 aliphatic rings. The van der Waals surface area contributed by atoms with Gasteiger partial charge in [-0.2, -0.15) is 0 Å². The molecular weight excluding hydrogens is 388 g/mol. The second kappa shape index (κ2) is 10.2. The Kier molecular flexibility index (Phi) is 7.67. The Morgan fingerprint density at radius 1 is 1.24 bits per heavy atom. The monoisotopic (exact) mass is 415 g/mol. The van der Waals surface area contributed by atoms with Gasteiger partial charge in [0.1, 0.15) is 0 Å². The molecule has 0 aromatic heterocycles. The predicted molar refractivity (Wildman–Crippen MR) is 113 cm³/mol. The molecule has 5 nitrogen and oxygen atoms in total. The van der Waals surface area contributed by atoms with Crippen molar-refractivity contribution >= 4 is 17.6 Å². The summed E-state index contributed by atoms with van der Waals surface area (Å²) < 4.78 is 5.25. The molecule has 29 heavy (non-hydrogen) atoms. The second-order valence-electron chi connectivity index (χ2n) is 7.69. The summed E-state index contributed by atoms with van der Waals surface area (Å²) >= 11 is 5.97. The number of rotatable bonds is 9. The van der Waals surface area contributed by atoms with Gasteiger partial charge in [0.05, 0.1) is 18.6 Å². The van der Waals surface area contributed by atoms with E-state index in [4.69, 9.17) is 16.3 Å². The van der Waals surface area contributed by atoms with Crippen LogP contribution >= 0.6 is 11.6 Å². The largest absolute Gasteiger partial charge is 0.548 e. The molecule has 0 N–H and O–H groups in total. The zero-order valence-corrected chi connectivity index (χ0v) is 17.8. The van der Waals surface area contributed by atoms with Gasteiger partial charge in [0.25, 0.3) is 0 Å². The SMILES string of the molecule is COCCN(C[C@H]1Cc2ccccc2CN1C)[C@H](Cc1ccc(Cl)cc1)C(=O)[O-]. The maximum Gasteiger partial charge on any atom is 0.0589 e. The summed E-state index contributed by atoms with van der Waals surface area (Å²) in [7, 11) is 3.73. The van der Waals surface area contributed by atoms with Crippen LogP contribution in [0.15, 0.2) is 48.5 Å². The Morgan fingerprint density at radius 3 is 2.59 bits per heavy atom. The van der Waals surface area contributed by atoms with Gasteiger partial charge in [0, 0.05) is 37.8 Å². The fraction of sp³-hybridized carbons (Fsp3) is 0.435. The molecule has 0 saturated heterocycles. The number of fused-ring (bicyclic) bond motifs is 1. The van der Waals surface area contributed by atoms with Crippen molar-refractivity contribution in [1.82, 2.24) is 9.80 Å². The molecule has 0 amide bonds. The summed E-state index contributed by atoms with van der Waals surface area (Å²) in [4.78, 5) is 16.4. The van der Waals surface area contributed by atoms with E-state index in [9.17, 15) is 9.90 Å². The van der Waals surface area contributed by atoms with E-state index in [0.29, 0.717) is 31.1 Å². The molecule has 0 bridgehead atoms. The summed E-state index contributed by atoms with van der Waals surface area (Å²) in [6.45, 7) is 2.51. The van der Waals surface area contributed by atoms with Gasteiger partial charge < -0.3 is 14.6 Å². The van der Waals surface area contributed by atoms with Gasteiger partial charge in [-0.25, -0.2) is 0 Å². The highest BCUT2D eigenvalue weighted by Gasteiger charge is 2.28. The quantitative estimate of drug-likeness (QED) is 0.627. The van der Waals surface area contributed by atoms with Gasteiger partial charge in [0.15, 0.2) is 0 Å². The maximum atomic E-state index is 12.1. The average Bonchev–Trinajstić information content (AvgIpc) is 2.71. The predicted octanol–water partition coefficient (Wildman–Crippen LogP) is 2.01. The highest BCUT2D eigenvalue weighted by molar-refractivity contribution is 6.30. The topological polar surface area (TPSA) is 55.8 Å². The first-order chi connectivity index (χ1) is 14.0. The van der Waals surface area contributed by atoms with Crippen molar-refractivity contribution in [2.75, 3.05) is 33.9 Å². The summed E-state index contributed by atoms with van der Waals surface area (Å²) in [6.07, 6.45) is 1.27. The summed E-state index contributed by atoms with van der Waals surface area (Å²) in [5.41, 5.74) is 3.60. The number of hydrogen-bond donors (Lipinski definition) is 0. The lowest BCUT2D eigenvalue weighted by Gasteiger charge is -2.40. The van der Waals surface area contributed by atoms with E-state index in [2.05, 4.69) is 36.2 Å². The number of benzene rings is 2. The number of carboxylic acids is 1. The number of ether oxygens (including phenoxy) is 1. The molecule has 156 valence electrons. The molecule has 0 fully saturated rings. The summed E-state index contributed by atoms with van der Waals surface area (Å²) in [6, 6.07) is 15.3. The van der Waals surface area contributed by atoms with Crippen LogP contribution in [0, 0.1) is 0 Å². The van der Waals surface area contributed by atoms with E-state index >= 15 is 0 Å². The summed E-state index contributed by atoms with van der Waals surface area (Å²) in [5, 5.41) is 12.7. The lowest BCUT2D eigenvalue weighted by Crippen LogP contribution is -2.55. The van der Waals surface area contributed by atoms with Crippen molar-refractivity contribution < 1.29 is 14.6 Å². The Labute approximate surface area is 177 Å². The number of carboxylic acid groups (broad SMARTS) is 1. The van der Waals surface area contributed by atoms with E-state index in [1.807, 2.05) is 17.0 Å². The van der Waals surface area contributed by atoms with Crippen molar-refractivity contribution in [3.8, 4) is 0 Å². The first kappa shape index (κ1) is 21.8. The van der Waals surface area contributed by atoms with E-state index < -0.39 is 12.0 Å². The lowest BCUT2D eigenvalue weighted by molar-refractivity contribution is -0.312. The number of carbonyl (C=O) groups is 1. The molecule has 0 radical (unpaired) electrons. The number of nitrogens with zero attached hydrogens (tertiary/aromatic N) is 2. The number of carbonyl (C=O) groups excluding carboxylic acids is 1. The molecule has 0 unspecified atom stereocenters. The summed E-state index contributed by atoms with van der Waals surface area (Å²) in [5.74, 6) is -1.06. The third-order valence-electron chi connectivity index (χ3n) is 5.70. The van der Waals surface area contributed by atoms with Gasteiger partial charge in [-0.15, -0.1) is 0 Å². The minimum absolute atomic E-state index is 0.230. The minimum Gasteiger partial charge on any atom is -0.548 e. The van der Waals surface area contributed by atoms with Gasteiger partial charge >= 0.3 is 0 Å². The molecule has 2 atom stereocenters. The van der Waals surface area contributed by atoms with E-state index in [0.717, 1.165) is 18.5 Å². The van der Waals surface area contributed by atoms with Crippen molar-refractivity contribution in [3.63, 3.8) is 0 Å². The minimum atomic E-state index is -1.06. The standard InChI is InChI=1S/C23H29ClN2O3/c1-25-15-19-6-4-3-5-18(19)14-21(25)16-26(11-12-29-2)22(23(27)28)13-17-7-9-20(24)10-8-17/h3-10,21-22H,11-16H2,1-2H3,(H,27,28)/p-1/t21-,22-/m1/s1. The van der Waals surface area contributed by atoms with Crippen molar-refractivity contribution in [2.45, 2.75) is 31.5 Å². The van der Waals surface area contributed by atoms with Gasteiger partial charge in [-0.05, 0) is 48.7 Å². The van der Waals surface area contributed by atoms with Crippen LogP contribution in [0.3, 0.4) is 0 Å². The van der Waals surface area contributed by atoms with Crippen molar-refractivity contribution in [2.24, 2.45) is 0 Å². The first-order valence-corrected chi connectivity index (χ1v) is 10.3. The molecule has 0 aliphatic carbocycles. The molecule has 0 spiro atoms. The smallest absolute Gasteiger partial charge is 0.0589 e. The van der Waals surface area contributed by atoms with Crippen LogP contribution < -0.4 is 5.11 Å². The van der Waals surface area contributed by atoms with Crippen molar-refractivity contribution in [3.05, 3.63) is 70.2 Å². The number of aliphatic carboxylic acids is 1. The van der Waals surface area contributed by atoms with E-state index in [-0.39, 0.29) is 6.04 Å². The van der Waals surface area contributed by atoms with Crippen LogP contribution in [0.1, 0.15) is 16.7 Å². The lowest BCUT2D eigenvalue weighted by atomic mass is 9.93. The molecule has 2 aromatic carbocycles. The second-order valence-corrected chi connectivity index (χ2v) is 8.13. The highest BCUT2D eigenvalue weighted by atomic mass is 35.5. The number of hydrogen-bond acceptors (Lipinski definition) is 5. The first-order valence-electron chi connectivity index (χ1n) is 9.93. The molecular formula is C23H28ClN2O3-. The van der Waals surface area contributed by atoms with Crippen LogP contribution in [0.2, 0.25) is 5.02 Å². The fourth-order valence-corrected chi connectivity index (χ4v) is 4.11. The highest BCUT2D eigenvalue weighted by Crippen LogP contribution is 2.23. The number of methoxy groups -OCH3 is 1.